The first kappa shape index (κ1) is 10.6. The van der Waals surface area contributed by atoms with Gasteiger partial charge in [-0.25, -0.2) is 0 Å². The molecule has 0 aliphatic heterocycles. The van der Waals surface area contributed by atoms with Gasteiger partial charge in [-0.2, -0.15) is 0 Å². The van der Waals surface area contributed by atoms with Gasteiger partial charge in [0, 0.05) is 7.11 Å². The number of methoxy groups -OCH3 is 1. The lowest BCUT2D eigenvalue weighted by molar-refractivity contribution is -0.0890. The number of nitrogens with two attached hydrogens (primary N) is 1. The van der Waals surface area contributed by atoms with Gasteiger partial charge in [0.2, 0.25) is 0 Å². The smallest absolute Gasteiger partial charge is 0.169 e. The molecule has 0 saturated heterocycles. The summed E-state index contributed by atoms with van der Waals surface area (Å²) in [5.41, 5.74) is 6.75. The summed E-state index contributed by atoms with van der Waals surface area (Å²) in [7, 11) is 1.44. The van der Waals surface area contributed by atoms with E-state index in [1.165, 1.54) is 7.11 Å². The molecule has 0 spiro atoms. The predicted octanol–water partition coefficient (Wildman–Crippen LogP) is 0.635. The average molecular weight is 159 g/mol. The highest BCUT2D eigenvalue weighted by atomic mass is 16.6. The lowest BCUT2D eigenvalue weighted by Gasteiger charge is -2.16. The second-order valence-corrected chi connectivity index (χ2v) is 2.63. The number of hydrogen-bond donors (Lipinski definition) is 2. The third-order valence-electron chi connectivity index (χ3n) is 1.66. The summed E-state index contributed by atoms with van der Waals surface area (Å²) in [6.45, 7) is 3.92. The topological polar surface area (TPSA) is 55.5 Å². The van der Waals surface area contributed by atoms with Crippen LogP contribution in [0.4, 0.5) is 0 Å². The Balaban J connectivity index is 3.76. The molecule has 0 bridgehead atoms. The fraction of sp³-hybridized carbons (Fsp3) is 0.750. The molecule has 0 aliphatic rings. The van der Waals surface area contributed by atoms with Crippen LogP contribution in [0.3, 0.4) is 0 Å². The van der Waals surface area contributed by atoms with E-state index in [1.807, 2.05) is 19.9 Å². The summed E-state index contributed by atoms with van der Waals surface area (Å²) in [4.78, 5) is 0. The normalized spacial score (nSPS) is 18.1. The van der Waals surface area contributed by atoms with E-state index in [0.29, 0.717) is 6.42 Å². The highest BCUT2D eigenvalue weighted by Crippen LogP contribution is 2.05. The zero-order chi connectivity index (χ0) is 8.85. The third-order valence-corrected chi connectivity index (χ3v) is 1.66. The van der Waals surface area contributed by atoms with Crippen molar-refractivity contribution in [3.05, 3.63) is 11.6 Å². The van der Waals surface area contributed by atoms with E-state index >= 15 is 0 Å². The van der Waals surface area contributed by atoms with Gasteiger partial charge in [-0.1, -0.05) is 11.6 Å². The molecule has 0 fully saturated rings. The predicted molar refractivity (Wildman–Crippen MR) is 45.0 cm³/mol. The molecule has 0 radical (unpaired) electrons. The molecule has 0 aromatic carbocycles. The van der Waals surface area contributed by atoms with E-state index in [4.69, 9.17) is 10.8 Å². The molecule has 3 heteroatoms. The molecular weight excluding hydrogens is 142 g/mol. The minimum absolute atomic E-state index is 0.323. The van der Waals surface area contributed by atoms with Crippen molar-refractivity contribution in [1.29, 1.82) is 0 Å². The van der Waals surface area contributed by atoms with Crippen molar-refractivity contribution >= 4 is 0 Å². The standard InChI is InChI=1S/C8H17NO2/c1-4-6(2)5-7(9)8(10)11-3/h4,7-8,10H,5,9H2,1-3H3/b6-4+. The monoisotopic (exact) mass is 159 g/mol. The maximum Gasteiger partial charge on any atom is 0.169 e. The van der Waals surface area contributed by atoms with E-state index in [2.05, 4.69) is 4.74 Å². The van der Waals surface area contributed by atoms with Crippen molar-refractivity contribution in [2.24, 2.45) is 5.73 Å². The van der Waals surface area contributed by atoms with Crippen LogP contribution in [0.5, 0.6) is 0 Å². The van der Waals surface area contributed by atoms with Crippen LogP contribution in [-0.2, 0) is 4.74 Å². The molecule has 0 aromatic heterocycles. The Morgan fingerprint density at radius 3 is 2.64 bits per heavy atom. The molecule has 3 nitrogen and oxygen atoms in total. The second-order valence-electron chi connectivity index (χ2n) is 2.63. The summed E-state index contributed by atoms with van der Waals surface area (Å²) in [5.74, 6) is 0. The number of allylic oxidation sites excluding steroid dienone is 1. The van der Waals surface area contributed by atoms with E-state index in [0.717, 1.165) is 5.57 Å². The van der Waals surface area contributed by atoms with Gasteiger partial charge in [-0.3, -0.25) is 0 Å². The highest BCUT2D eigenvalue weighted by molar-refractivity contribution is 4.98. The van der Waals surface area contributed by atoms with E-state index in [1.54, 1.807) is 0 Å². The Labute approximate surface area is 67.9 Å². The molecule has 2 unspecified atom stereocenters. The van der Waals surface area contributed by atoms with Crippen LogP contribution in [0.25, 0.3) is 0 Å². The molecule has 2 atom stereocenters. The largest absolute Gasteiger partial charge is 0.367 e. The van der Waals surface area contributed by atoms with Crippen LogP contribution in [0.15, 0.2) is 11.6 Å². The van der Waals surface area contributed by atoms with Crippen molar-refractivity contribution < 1.29 is 9.84 Å². The molecular formula is C8H17NO2. The summed E-state index contributed by atoms with van der Waals surface area (Å²) in [6.07, 6.45) is 1.79. The summed E-state index contributed by atoms with van der Waals surface area (Å²) >= 11 is 0. The van der Waals surface area contributed by atoms with Crippen LogP contribution < -0.4 is 5.73 Å². The Bertz CT molecular complexity index is 134. The van der Waals surface area contributed by atoms with E-state index in [-0.39, 0.29) is 6.04 Å². The first-order valence-electron chi connectivity index (χ1n) is 3.70. The lowest BCUT2D eigenvalue weighted by atomic mass is 10.1. The van der Waals surface area contributed by atoms with Crippen molar-refractivity contribution in [3.8, 4) is 0 Å². The van der Waals surface area contributed by atoms with E-state index in [9.17, 15) is 0 Å². The Hall–Kier alpha value is -0.380. The number of ether oxygens (including phenoxy) is 1. The summed E-state index contributed by atoms with van der Waals surface area (Å²) < 4.78 is 4.66. The van der Waals surface area contributed by atoms with Gasteiger partial charge in [0.15, 0.2) is 6.29 Å². The van der Waals surface area contributed by atoms with E-state index < -0.39 is 6.29 Å². The zero-order valence-corrected chi connectivity index (χ0v) is 7.37. The third kappa shape index (κ3) is 4.14. The van der Waals surface area contributed by atoms with Crippen molar-refractivity contribution in [3.63, 3.8) is 0 Å². The van der Waals surface area contributed by atoms with Crippen molar-refractivity contribution in [1.82, 2.24) is 0 Å². The molecule has 0 aliphatic carbocycles. The number of hydrogen-bond acceptors (Lipinski definition) is 3. The SMILES string of the molecule is C/C=C(\C)CC(N)C(O)OC. The van der Waals surface area contributed by atoms with Gasteiger partial charge < -0.3 is 15.6 Å². The average Bonchev–Trinajstić information content (AvgIpc) is 2.02. The van der Waals surface area contributed by atoms with Crippen LogP contribution >= 0.6 is 0 Å². The first-order chi connectivity index (χ1) is 5.11. The minimum Gasteiger partial charge on any atom is -0.367 e. The summed E-state index contributed by atoms with van der Waals surface area (Å²) in [6, 6.07) is -0.323. The van der Waals surface area contributed by atoms with Crippen LogP contribution in [0.2, 0.25) is 0 Å². The number of aliphatic hydroxyl groups excluding tert-OH is 1. The van der Waals surface area contributed by atoms with Gasteiger partial charge in [0.05, 0.1) is 6.04 Å². The number of aliphatic hydroxyl groups is 1. The van der Waals surface area contributed by atoms with Gasteiger partial charge in [-0.15, -0.1) is 0 Å². The van der Waals surface area contributed by atoms with Crippen LogP contribution in [-0.4, -0.2) is 24.5 Å². The highest BCUT2D eigenvalue weighted by Gasteiger charge is 2.12. The van der Waals surface area contributed by atoms with Crippen LogP contribution in [0.1, 0.15) is 20.3 Å². The molecule has 66 valence electrons. The second kappa shape index (κ2) is 5.29. The Morgan fingerprint density at radius 1 is 1.73 bits per heavy atom. The maximum absolute atomic E-state index is 9.10. The molecule has 11 heavy (non-hydrogen) atoms. The Morgan fingerprint density at radius 2 is 2.27 bits per heavy atom. The molecule has 0 heterocycles. The fourth-order valence-electron chi connectivity index (χ4n) is 0.765. The molecule has 0 rings (SSSR count). The molecule has 3 N–H and O–H groups in total. The van der Waals surface area contributed by atoms with Crippen molar-refractivity contribution in [2.75, 3.05) is 7.11 Å². The van der Waals surface area contributed by atoms with Gasteiger partial charge in [0.25, 0.3) is 0 Å². The minimum atomic E-state index is -0.857. The molecule has 0 amide bonds. The molecule has 0 aromatic rings. The quantitative estimate of drug-likeness (QED) is 0.467. The van der Waals surface area contributed by atoms with Gasteiger partial charge in [0.1, 0.15) is 0 Å². The number of rotatable bonds is 4. The molecule has 0 saturated carbocycles. The fourth-order valence-corrected chi connectivity index (χ4v) is 0.765. The Kier molecular flexibility index (Phi) is 5.11. The first-order valence-corrected chi connectivity index (χ1v) is 3.70. The zero-order valence-electron chi connectivity index (χ0n) is 7.37. The van der Waals surface area contributed by atoms with Crippen molar-refractivity contribution in [2.45, 2.75) is 32.6 Å². The summed E-state index contributed by atoms with van der Waals surface area (Å²) in [5, 5.41) is 9.10. The maximum atomic E-state index is 9.10. The van der Waals surface area contributed by atoms with Gasteiger partial charge in [-0.05, 0) is 20.3 Å². The van der Waals surface area contributed by atoms with Gasteiger partial charge >= 0.3 is 0 Å². The lowest BCUT2D eigenvalue weighted by Crippen LogP contribution is -2.35. The van der Waals surface area contributed by atoms with Crippen LogP contribution in [0, 0.1) is 0 Å².